The van der Waals surface area contributed by atoms with Gasteiger partial charge in [-0.25, -0.2) is 0 Å². The van der Waals surface area contributed by atoms with E-state index in [0.29, 0.717) is 6.54 Å². The highest BCUT2D eigenvalue weighted by atomic mass is 16.4. The summed E-state index contributed by atoms with van der Waals surface area (Å²) >= 11 is 0. The van der Waals surface area contributed by atoms with E-state index in [1.54, 1.807) is 25.3 Å². The van der Waals surface area contributed by atoms with Gasteiger partial charge >= 0.3 is 5.97 Å². The highest BCUT2D eigenvalue weighted by Gasteiger charge is 2.34. The molecule has 12 heavy (non-hydrogen) atoms. The quantitative estimate of drug-likeness (QED) is 0.611. The summed E-state index contributed by atoms with van der Waals surface area (Å²) < 4.78 is 0. The number of hydrogen-bond acceptors (Lipinski definition) is 3. The van der Waals surface area contributed by atoms with Crippen LogP contribution < -0.4 is 5.73 Å². The molecule has 2 unspecified atom stereocenters. The zero-order chi connectivity index (χ0) is 9.19. The third-order valence-electron chi connectivity index (χ3n) is 2.14. The van der Waals surface area contributed by atoms with Crippen LogP contribution in [0.5, 0.6) is 0 Å². The molecule has 0 aliphatic carbocycles. The van der Waals surface area contributed by atoms with Crippen molar-refractivity contribution in [2.24, 2.45) is 16.6 Å². The molecule has 1 heterocycles. The Bertz CT molecular complexity index is 247. The third-order valence-corrected chi connectivity index (χ3v) is 2.14. The molecule has 0 bridgehead atoms. The van der Waals surface area contributed by atoms with Gasteiger partial charge in [-0.3, -0.25) is 9.79 Å². The molecule has 1 aliphatic heterocycles. The Labute approximate surface area is 70.8 Å². The Balaban J connectivity index is 2.78. The van der Waals surface area contributed by atoms with Crippen LogP contribution in [0, 0.1) is 5.92 Å². The Morgan fingerprint density at radius 1 is 1.83 bits per heavy atom. The molecular weight excluding hydrogens is 156 g/mol. The Morgan fingerprint density at radius 2 is 2.50 bits per heavy atom. The van der Waals surface area contributed by atoms with Crippen LogP contribution in [0.15, 0.2) is 17.1 Å². The molecule has 4 nitrogen and oxygen atoms in total. The minimum absolute atomic E-state index is 0.344. The second-order valence-corrected chi connectivity index (χ2v) is 3.02. The molecule has 0 aromatic rings. The minimum Gasteiger partial charge on any atom is -0.481 e. The maximum atomic E-state index is 10.6. The van der Waals surface area contributed by atoms with E-state index >= 15 is 0 Å². The number of aliphatic imine (C=N–C) groups is 1. The van der Waals surface area contributed by atoms with Gasteiger partial charge in [0.15, 0.2) is 0 Å². The summed E-state index contributed by atoms with van der Waals surface area (Å²) in [5.74, 6) is -1.49. The third kappa shape index (κ3) is 1.53. The smallest absolute Gasteiger partial charge is 0.308 e. The Morgan fingerprint density at radius 3 is 2.92 bits per heavy atom. The second-order valence-electron chi connectivity index (χ2n) is 3.02. The van der Waals surface area contributed by atoms with Gasteiger partial charge in [-0.15, -0.1) is 0 Å². The number of carboxylic acid groups (broad SMARTS) is 1. The predicted molar refractivity (Wildman–Crippen MR) is 46.2 cm³/mol. The molecule has 4 heteroatoms. The first-order chi connectivity index (χ1) is 5.56. The lowest BCUT2D eigenvalue weighted by molar-refractivity contribution is -0.142. The van der Waals surface area contributed by atoms with E-state index in [9.17, 15) is 4.79 Å². The molecule has 0 saturated carbocycles. The van der Waals surface area contributed by atoms with Crippen molar-refractivity contribution in [3.05, 3.63) is 12.2 Å². The fourth-order valence-corrected chi connectivity index (χ4v) is 1.06. The van der Waals surface area contributed by atoms with Crippen LogP contribution >= 0.6 is 0 Å². The molecule has 0 saturated heterocycles. The maximum absolute atomic E-state index is 10.6. The molecule has 1 rings (SSSR count). The van der Waals surface area contributed by atoms with Gasteiger partial charge in [0.1, 0.15) is 0 Å². The van der Waals surface area contributed by atoms with Crippen molar-refractivity contribution in [2.75, 3.05) is 6.54 Å². The Kier molecular flexibility index (Phi) is 2.28. The molecule has 66 valence electrons. The van der Waals surface area contributed by atoms with Crippen molar-refractivity contribution in [1.29, 1.82) is 0 Å². The van der Waals surface area contributed by atoms with E-state index in [-0.39, 0.29) is 0 Å². The van der Waals surface area contributed by atoms with Crippen molar-refractivity contribution in [1.82, 2.24) is 0 Å². The molecular formula is C8H12N2O2. The number of nitrogens with zero attached hydrogens (tertiary/aromatic N) is 1. The number of nitrogens with two attached hydrogens (primary N) is 1. The fraction of sp³-hybridized carbons (Fsp3) is 0.500. The van der Waals surface area contributed by atoms with Gasteiger partial charge in [0.25, 0.3) is 0 Å². The number of carboxylic acids is 1. The lowest BCUT2D eigenvalue weighted by Crippen LogP contribution is -2.51. The molecule has 0 spiro atoms. The average molecular weight is 168 g/mol. The lowest BCUT2D eigenvalue weighted by Gasteiger charge is -2.29. The van der Waals surface area contributed by atoms with E-state index < -0.39 is 17.4 Å². The number of carbonyl (C=O) groups is 1. The first kappa shape index (κ1) is 8.93. The van der Waals surface area contributed by atoms with Gasteiger partial charge in [0, 0.05) is 6.21 Å². The van der Waals surface area contributed by atoms with Crippen molar-refractivity contribution < 1.29 is 9.90 Å². The van der Waals surface area contributed by atoms with E-state index in [2.05, 4.69) is 4.99 Å². The summed E-state index contributed by atoms with van der Waals surface area (Å²) in [4.78, 5) is 14.6. The average Bonchev–Trinajstić information content (AvgIpc) is 2.04. The van der Waals surface area contributed by atoms with Crippen LogP contribution in [0.3, 0.4) is 0 Å². The number of aliphatic carboxylic acids is 1. The monoisotopic (exact) mass is 168 g/mol. The first-order valence-electron chi connectivity index (χ1n) is 3.75. The SMILES string of the molecule is CC(C(=O)O)C1(N)C=CC=NC1. The van der Waals surface area contributed by atoms with Crippen molar-refractivity contribution in [3.63, 3.8) is 0 Å². The second kappa shape index (κ2) is 3.06. The normalized spacial score (nSPS) is 30.2. The van der Waals surface area contributed by atoms with Gasteiger partial charge < -0.3 is 10.8 Å². The highest BCUT2D eigenvalue weighted by Crippen LogP contribution is 2.18. The topological polar surface area (TPSA) is 75.7 Å². The summed E-state index contributed by atoms with van der Waals surface area (Å²) in [7, 11) is 0. The largest absolute Gasteiger partial charge is 0.481 e. The summed E-state index contributed by atoms with van der Waals surface area (Å²) in [6, 6.07) is 0. The van der Waals surface area contributed by atoms with Crippen molar-refractivity contribution >= 4 is 12.2 Å². The van der Waals surface area contributed by atoms with E-state index in [1.165, 1.54) is 0 Å². The number of allylic oxidation sites excluding steroid dienone is 1. The molecule has 2 atom stereocenters. The summed E-state index contributed by atoms with van der Waals surface area (Å²) in [5.41, 5.74) is 5.00. The molecule has 0 fully saturated rings. The van der Waals surface area contributed by atoms with E-state index in [0.717, 1.165) is 0 Å². The van der Waals surface area contributed by atoms with Crippen molar-refractivity contribution in [3.8, 4) is 0 Å². The van der Waals surface area contributed by atoms with Crippen LogP contribution in [-0.2, 0) is 4.79 Å². The molecule has 0 aromatic heterocycles. The van der Waals surface area contributed by atoms with Crippen LogP contribution in [0.2, 0.25) is 0 Å². The molecule has 0 aromatic carbocycles. The van der Waals surface area contributed by atoms with Crippen LogP contribution in [-0.4, -0.2) is 29.4 Å². The lowest BCUT2D eigenvalue weighted by atomic mass is 9.85. The summed E-state index contributed by atoms with van der Waals surface area (Å²) in [5, 5.41) is 8.73. The van der Waals surface area contributed by atoms with Crippen LogP contribution in [0.1, 0.15) is 6.92 Å². The van der Waals surface area contributed by atoms with Gasteiger partial charge in [-0.1, -0.05) is 6.08 Å². The molecule has 0 amide bonds. The standard InChI is InChI=1S/C8H12N2O2/c1-6(7(11)12)8(9)3-2-4-10-5-8/h2-4,6H,5,9H2,1H3,(H,11,12). The number of rotatable bonds is 2. The Hall–Kier alpha value is -1.16. The molecule has 3 N–H and O–H groups in total. The van der Waals surface area contributed by atoms with Gasteiger partial charge in [0.2, 0.25) is 0 Å². The predicted octanol–water partition coefficient (Wildman–Crippen LogP) is 0.0452. The summed E-state index contributed by atoms with van der Waals surface area (Å²) in [6.45, 7) is 1.94. The van der Waals surface area contributed by atoms with Gasteiger partial charge in [0.05, 0.1) is 18.0 Å². The van der Waals surface area contributed by atoms with E-state index in [4.69, 9.17) is 10.8 Å². The number of hydrogen-bond donors (Lipinski definition) is 2. The zero-order valence-electron chi connectivity index (χ0n) is 6.90. The van der Waals surface area contributed by atoms with Crippen LogP contribution in [0.25, 0.3) is 0 Å². The van der Waals surface area contributed by atoms with Crippen LogP contribution in [0.4, 0.5) is 0 Å². The molecule has 0 radical (unpaired) electrons. The molecule has 1 aliphatic rings. The fourth-order valence-electron chi connectivity index (χ4n) is 1.06. The minimum atomic E-state index is -0.890. The highest BCUT2D eigenvalue weighted by molar-refractivity contribution is 5.76. The van der Waals surface area contributed by atoms with E-state index in [1.807, 2.05) is 0 Å². The zero-order valence-corrected chi connectivity index (χ0v) is 6.90. The summed E-state index contributed by atoms with van der Waals surface area (Å²) in [6.07, 6.45) is 5.00. The maximum Gasteiger partial charge on any atom is 0.308 e. The van der Waals surface area contributed by atoms with Gasteiger partial charge in [-0.05, 0) is 13.0 Å². The van der Waals surface area contributed by atoms with Crippen molar-refractivity contribution in [2.45, 2.75) is 12.5 Å². The first-order valence-corrected chi connectivity index (χ1v) is 3.75. The van der Waals surface area contributed by atoms with Gasteiger partial charge in [-0.2, -0.15) is 0 Å². The number of dihydropyridines is 1.